The largest absolute Gasteiger partial charge is 0.457 e. The van der Waals surface area contributed by atoms with Crippen LogP contribution in [0, 0.1) is 0 Å². The van der Waals surface area contributed by atoms with E-state index in [0.717, 1.165) is 5.56 Å². The fourth-order valence-corrected chi connectivity index (χ4v) is 3.05. The third-order valence-corrected chi connectivity index (χ3v) is 4.61. The van der Waals surface area contributed by atoms with Gasteiger partial charge in [-0.3, -0.25) is 9.69 Å². The van der Waals surface area contributed by atoms with Crippen molar-refractivity contribution in [3.8, 4) is 11.3 Å². The summed E-state index contributed by atoms with van der Waals surface area (Å²) in [6.45, 7) is 0.831. The predicted molar refractivity (Wildman–Crippen MR) is 108 cm³/mol. The third kappa shape index (κ3) is 3.85. The minimum atomic E-state index is -0.398. The molecule has 3 aromatic rings. The summed E-state index contributed by atoms with van der Waals surface area (Å²) >= 11 is 5.90. The van der Waals surface area contributed by atoms with Crippen LogP contribution in [0.4, 0.5) is 10.5 Å². The van der Waals surface area contributed by atoms with Gasteiger partial charge in [0.05, 0.1) is 6.54 Å². The molecule has 0 spiro atoms. The number of hydrogen-bond donors (Lipinski definition) is 0. The van der Waals surface area contributed by atoms with E-state index < -0.39 is 6.09 Å². The lowest BCUT2D eigenvalue weighted by Crippen LogP contribution is -2.23. The van der Waals surface area contributed by atoms with Gasteiger partial charge >= 0.3 is 6.09 Å². The molecule has 28 heavy (non-hydrogen) atoms. The van der Waals surface area contributed by atoms with Crippen LogP contribution in [-0.2, 0) is 4.74 Å². The van der Waals surface area contributed by atoms with Crippen molar-refractivity contribution in [2.45, 2.75) is 0 Å². The first-order valence-electron chi connectivity index (χ1n) is 8.73. The lowest BCUT2D eigenvalue weighted by atomic mass is 10.1. The van der Waals surface area contributed by atoms with Gasteiger partial charge < -0.3 is 9.15 Å². The first kappa shape index (κ1) is 18.1. The van der Waals surface area contributed by atoms with Crippen molar-refractivity contribution >= 4 is 35.2 Å². The van der Waals surface area contributed by atoms with Gasteiger partial charge in [-0.2, -0.15) is 0 Å². The molecule has 1 fully saturated rings. The van der Waals surface area contributed by atoms with Gasteiger partial charge in [-0.1, -0.05) is 23.7 Å². The Morgan fingerprint density at radius 3 is 2.64 bits per heavy atom. The van der Waals surface area contributed by atoms with Crippen LogP contribution in [0.1, 0.15) is 16.1 Å². The molecule has 5 nitrogen and oxygen atoms in total. The summed E-state index contributed by atoms with van der Waals surface area (Å²) in [5.74, 6) is 1.08. The Bertz CT molecular complexity index is 1050. The number of benzene rings is 2. The van der Waals surface area contributed by atoms with E-state index in [-0.39, 0.29) is 5.78 Å². The fraction of sp³-hybridized carbons (Fsp3) is 0.0909. The summed E-state index contributed by atoms with van der Waals surface area (Å²) in [6.07, 6.45) is 2.68. The number of furan rings is 1. The van der Waals surface area contributed by atoms with Crippen LogP contribution in [-0.4, -0.2) is 25.0 Å². The Morgan fingerprint density at radius 2 is 1.89 bits per heavy atom. The summed E-state index contributed by atoms with van der Waals surface area (Å²) < 4.78 is 10.7. The topological polar surface area (TPSA) is 59.8 Å². The number of carbonyl (C=O) groups excluding carboxylic acids is 2. The van der Waals surface area contributed by atoms with Crippen LogP contribution in [0.3, 0.4) is 0 Å². The monoisotopic (exact) mass is 393 g/mol. The molecule has 1 aliphatic heterocycles. The molecule has 6 heteroatoms. The molecule has 140 valence electrons. The second-order valence-electron chi connectivity index (χ2n) is 6.22. The molecule has 1 saturated heterocycles. The Labute approximate surface area is 166 Å². The van der Waals surface area contributed by atoms with Gasteiger partial charge in [0.25, 0.3) is 0 Å². The molecule has 0 saturated carbocycles. The standard InChI is InChI=1S/C22H16ClNO4/c23-17-6-4-15(5-7-17)21-11-9-19(28-21)8-10-20(25)16-2-1-3-18(14-16)24-12-13-27-22(24)26/h1-11,14H,12-13H2. The van der Waals surface area contributed by atoms with Gasteiger partial charge in [-0.05, 0) is 60.7 Å². The average Bonchev–Trinajstić information content (AvgIpc) is 3.36. The Kier molecular flexibility index (Phi) is 5.00. The molecule has 0 unspecified atom stereocenters. The predicted octanol–water partition coefficient (Wildman–Crippen LogP) is 5.45. The minimum Gasteiger partial charge on any atom is -0.457 e. The molecular formula is C22H16ClNO4. The lowest BCUT2D eigenvalue weighted by Gasteiger charge is -2.13. The van der Waals surface area contributed by atoms with Crippen molar-refractivity contribution in [1.82, 2.24) is 0 Å². The molecule has 2 heterocycles. The summed E-state index contributed by atoms with van der Waals surface area (Å²) in [5.41, 5.74) is 2.03. The van der Waals surface area contributed by atoms with Gasteiger partial charge in [0.1, 0.15) is 18.1 Å². The zero-order valence-corrected chi connectivity index (χ0v) is 15.6. The van der Waals surface area contributed by atoms with E-state index >= 15 is 0 Å². The van der Waals surface area contributed by atoms with Crippen LogP contribution in [0.5, 0.6) is 0 Å². The van der Waals surface area contributed by atoms with E-state index in [9.17, 15) is 9.59 Å². The molecule has 1 amide bonds. The molecule has 4 rings (SSSR count). The summed E-state index contributed by atoms with van der Waals surface area (Å²) in [6, 6.07) is 17.9. The highest BCUT2D eigenvalue weighted by atomic mass is 35.5. The number of ketones is 1. The molecule has 1 aromatic heterocycles. The van der Waals surface area contributed by atoms with Crippen molar-refractivity contribution < 1.29 is 18.7 Å². The SMILES string of the molecule is O=C(C=Cc1ccc(-c2ccc(Cl)cc2)o1)c1cccc(N2CCOC2=O)c1. The van der Waals surface area contributed by atoms with Crippen LogP contribution < -0.4 is 4.90 Å². The number of carbonyl (C=O) groups is 2. The summed E-state index contributed by atoms with van der Waals surface area (Å²) in [5, 5.41) is 0.658. The molecule has 0 aliphatic carbocycles. The first-order chi connectivity index (χ1) is 13.6. The zero-order valence-electron chi connectivity index (χ0n) is 14.8. The van der Waals surface area contributed by atoms with Gasteiger partial charge in [-0.25, -0.2) is 4.79 Å². The summed E-state index contributed by atoms with van der Waals surface area (Å²) in [7, 11) is 0. The minimum absolute atomic E-state index is 0.182. The smallest absolute Gasteiger partial charge is 0.414 e. The van der Waals surface area contributed by atoms with Gasteiger partial charge in [0.15, 0.2) is 5.78 Å². The quantitative estimate of drug-likeness (QED) is 0.427. The molecule has 0 bridgehead atoms. The summed E-state index contributed by atoms with van der Waals surface area (Å²) in [4.78, 5) is 25.7. The number of amides is 1. The number of halogens is 1. The van der Waals surface area contributed by atoms with E-state index in [4.69, 9.17) is 20.8 Å². The number of anilines is 1. The molecule has 2 aromatic carbocycles. The maximum absolute atomic E-state index is 12.5. The van der Waals surface area contributed by atoms with Gasteiger partial charge in [0, 0.05) is 21.8 Å². The van der Waals surface area contributed by atoms with E-state index in [0.29, 0.717) is 40.9 Å². The van der Waals surface area contributed by atoms with E-state index in [1.807, 2.05) is 18.2 Å². The van der Waals surface area contributed by atoms with Crippen molar-refractivity contribution in [1.29, 1.82) is 0 Å². The highest BCUT2D eigenvalue weighted by molar-refractivity contribution is 6.30. The van der Waals surface area contributed by atoms with Crippen molar-refractivity contribution in [3.05, 3.63) is 83.1 Å². The molecule has 0 N–H and O–H groups in total. The number of cyclic esters (lactones) is 1. The molecule has 1 aliphatic rings. The van der Waals surface area contributed by atoms with Crippen LogP contribution in [0.25, 0.3) is 17.4 Å². The highest BCUT2D eigenvalue weighted by Crippen LogP contribution is 2.25. The Hall–Kier alpha value is -3.31. The van der Waals surface area contributed by atoms with Crippen molar-refractivity contribution in [2.24, 2.45) is 0 Å². The number of ether oxygens (including phenoxy) is 1. The van der Waals surface area contributed by atoms with Gasteiger partial charge in [0.2, 0.25) is 0 Å². The number of hydrogen-bond acceptors (Lipinski definition) is 4. The second-order valence-corrected chi connectivity index (χ2v) is 6.66. The molecule has 0 atom stereocenters. The Morgan fingerprint density at radius 1 is 1.07 bits per heavy atom. The number of allylic oxidation sites excluding steroid dienone is 1. The number of nitrogens with zero attached hydrogens (tertiary/aromatic N) is 1. The van der Waals surface area contributed by atoms with Crippen molar-refractivity contribution in [3.63, 3.8) is 0 Å². The second kappa shape index (κ2) is 7.74. The maximum Gasteiger partial charge on any atom is 0.414 e. The number of rotatable bonds is 5. The zero-order chi connectivity index (χ0) is 19.5. The Balaban J connectivity index is 1.49. The van der Waals surface area contributed by atoms with E-state index in [1.165, 1.54) is 11.0 Å². The highest BCUT2D eigenvalue weighted by Gasteiger charge is 2.23. The lowest BCUT2D eigenvalue weighted by molar-refractivity contribution is 0.104. The van der Waals surface area contributed by atoms with Gasteiger partial charge in [-0.15, -0.1) is 0 Å². The van der Waals surface area contributed by atoms with Crippen LogP contribution in [0.2, 0.25) is 5.02 Å². The van der Waals surface area contributed by atoms with Crippen molar-refractivity contribution in [2.75, 3.05) is 18.1 Å². The average molecular weight is 394 g/mol. The van der Waals surface area contributed by atoms with Crippen LogP contribution >= 0.6 is 11.6 Å². The fourth-order valence-electron chi connectivity index (χ4n) is 2.92. The van der Waals surface area contributed by atoms with Crippen LogP contribution in [0.15, 0.2) is 71.2 Å². The first-order valence-corrected chi connectivity index (χ1v) is 9.10. The normalized spacial score (nSPS) is 13.9. The van der Waals surface area contributed by atoms with E-state index in [1.54, 1.807) is 48.5 Å². The van der Waals surface area contributed by atoms with E-state index in [2.05, 4.69) is 0 Å². The molecular weight excluding hydrogens is 378 g/mol. The molecule has 0 radical (unpaired) electrons. The third-order valence-electron chi connectivity index (χ3n) is 4.36. The maximum atomic E-state index is 12.5.